The van der Waals surface area contributed by atoms with Crippen molar-refractivity contribution in [2.45, 2.75) is 6.92 Å². The normalized spacial score (nSPS) is 8.72. The van der Waals surface area contributed by atoms with Gasteiger partial charge in [0.05, 0.1) is 0 Å². The first-order valence-corrected chi connectivity index (χ1v) is 5.19. The highest BCUT2D eigenvalue weighted by Gasteiger charge is 2.00. The Morgan fingerprint density at radius 1 is 1.00 bits per heavy atom. The molecular weight excluding hydrogens is 230 g/mol. The second kappa shape index (κ2) is 9.91. The van der Waals surface area contributed by atoms with E-state index in [1.54, 1.807) is 0 Å². The Labute approximate surface area is 107 Å². The summed E-state index contributed by atoms with van der Waals surface area (Å²) in [7, 11) is 0. The first kappa shape index (κ1) is 15.7. The SMILES string of the molecule is C=CCNCC.C=Nc1nc(N=C)nc(N=C)n1. The third-order valence-corrected chi connectivity index (χ3v) is 1.56. The standard InChI is InChI=1S/C6H6N6.C5H11N/c1-7-4-10-5(8-2)12-6(9-3)11-4;1-3-5-6-4-2/h1-3H2;3,6H,1,4-5H2,2H3. The number of likely N-dealkylation sites (N-methyl/N-ethyl adjacent to an activating group) is 1. The van der Waals surface area contributed by atoms with Gasteiger partial charge in [-0.2, -0.15) is 15.0 Å². The van der Waals surface area contributed by atoms with Crippen molar-refractivity contribution in [2.24, 2.45) is 15.0 Å². The third-order valence-electron chi connectivity index (χ3n) is 1.56. The summed E-state index contributed by atoms with van der Waals surface area (Å²) < 4.78 is 0. The van der Waals surface area contributed by atoms with Crippen LogP contribution in [-0.4, -0.2) is 48.2 Å². The second-order valence-electron chi connectivity index (χ2n) is 2.81. The lowest BCUT2D eigenvalue weighted by atomic mass is 10.6. The van der Waals surface area contributed by atoms with E-state index in [1.165, 1.54) is 0 Å². The lowest BCUT2D eigenvalue weighted by Gasteiger charge is -1.94. The Morgan fingerprint density at radius 2 is 1.39 bits per heavy atom. The second-order valence-corrected chi connectivity index (χ2v) is 2.81. The molecule has 18 heavy (non-hydrogen) atoms. The summed E-state index contributed by atoms with van der Waals surface area (Å²) in [5, 5.41) is 3.08. The van der Waals surface area contributed by atoms with Gasteiger partial charge in [0.1, 0.15) is 0 Å². The van der Waals surface area contributed by atoms with Crippen molar-refractivity contribution in [1.82, 2.24) is 20.3 Å². The minimum Gasteiger partial charge on any atom is -0.314 e. The number of hydrogen-bond donors (Lipinski definition) is 1. The first-order valence-electron chi connectivity index (χ1n) is 5.19. The molecule has 0 saturated heterocycles. The molecule has 0 aliphatic carbocycles. The monoisotopic (exact) mass is 247 g/mol. The Kier molecular flexibility index (Phi) is 8.66. The molecular formula is C11H17N7. The van der Waals surface area contributed by atoms with Crippen molar-refractivity contribution in [3.8, 4) is 0 Å². The van der Waals surface area contributed by atoms with Gasteiger partial charge in [0, 0.05) is 6.54 Å². The van der Waals surface area contributed by atoms with E-state index in [4.69, 9.17) is 0 Å². The van der Waals surface area contributed by atoms with Crippen molar-refractivity contribution in [2.75, 3.05) is 13.1 Å². The number of hydrogen-bond acceptors (Lipinski definition) is 7. The Bertz CT molecular complexity index is 349. The summed E-state index contributed by atoms with van der Waals surface area (Å²) in [6.45, 7) is 17.3. The van der Waals surface area contributed by atoms with E-state index in [1.807, 2.05) is 6.08 Å². The van der Waals surface area contributed by atoms with Crippen LogP contribution in [0.1, 0.15) is 6.92 Å². The van der Waals surface area contributed by atoms with Gasteiger partial charge in [0.2, 0.25) is 0 Å². The zero-order valence-corrected chi connectivity index (χ0v) is 10.5. The van der Waals surface area contributed by atoms with E-state index in [9.17, 15) is 0 Å². The number of aromatic nitrogens is 3. The van der Waals surface area contributed by atoms with Gasteiger partial charge in [-0.15, -0.1) is 6.58 Å². The van der Waals surface area contributed by atoms with Crippen molar-refractivity contribution in [1.29, 1.82) is 0 Å². The Balaban J connectivity index is 0.000000411. The Morgan fingerprint density at radius 3 is 1.56 bits per heavy atom. The number of rotatable bonds is 6. The van der Waals surface area contributed by atoms with Crippen LogP contribution in [0.2, 0.25) is 0 Å². The molecule has 1 heterocycles. The molecule has 0 unspecified atom stereocenters. The highest BCUT2D eigenvalue weighted by atomic mass is 15.2. The van der Waals surface area contributed by atoms with Gasteiger partial charge >= 0.3 is 0 Å². The van der Waals surface area contributed by atoms with E-state index in [0.29, 0.717) is 0 Å². The minimum atomic E-state index is 0.162. The van der Waals surface area contributed by atoms with Crippen LogP contribution in [0.15, 0.2) is 27.6 Å². The van der Waals surface area contributed by atoms with Gasteiger partial charge in [-0.25, -0.2) is 15.0 Å². The van der Waals surface area contributed by atoms with Gasteiger partial charge < -0.3 is 5.32 Å². The van der Waals surface area contributed by atoms with E-state index < -0.39 is 0 Å². The quantitative estimate of drug-likeness (QED) is 0.470. The fourth-order valence-electron chi connectivity index (χ4n) is 0.802. The maximum Gasteiger partial charge on any atom is 0.255 e. The van der Waals surface area contributed by atoms with E-state index in [2.05, 4.69) is 68.9 Å². The predicted molar refractivity (Wildman–Crippen MR) is 76.2 cm³/mol. The van der Waals surface area contributed by atoms with E-state index >= 15 is 0 Å². The lowest BCUT2D eigenvalue weighted by Crippen LogP contribution is -2.10. The molecule has 0 aliphatic heterocycles. The number of aliphatic imine (C=N–C) groups is 3. The smallest absolute Gasteiger partial charge is 0.255 e. The summed E-state index contributed by atoms with van der Waals surface area (Å²) in [6, 6.07) is 0. The molecule has 0 aliphatic rings. The highest BCUT2D eigenvalue weighted by molar-refractivity contribution is 5.44. The van der Waals surface area contributed by atoms with Crippen molar-refractivity contribution < 1.29 is 0 Å². The molecule has 7 heteroatoms. The van der Waals surface area contributed by atoms with Crippen LogP contribution < -0.4 is 5.32 Å². The van der Waals surface area contributed by atoms with E-state index in [0.717, 1.165) is 13.1 Å². The average molecular weight is 247 g/mol. The van der Waals surface area contributed by atoms with Crippen LogP contribution in [0.25, 0.3) is 0 Å². The third kappa shape index (κ3) is 6.33. The number of nitrogens with zero attached hydrogens (tertiary/aromatic N) is 6. The fourth-order valence-corrected chi connectivity index (χ4v) is 0.802. The van der Waals surface area contributed by atoms with Gasteiger partial charge in [-0.1, -0.05) is 13.0 Å². The Hall–Kier alpha value is -2.28. The summed E-state index contributed by atoms with van der Waals surface area (Å²) in [4.78, 5) is 21.8. The van der Waals surface area contributed by atoms with Crippen molar-refractivity contribution in [3.05, 3.63) is 12.7 Å². The molecule has 0 aromatic carbocycles. The van der Waals surface area contributed by atoms with Crippen molar-refractivity contribution >= 4 is 38.0 Å². The van der Waals surface area contributed by atoms with Gasteiger partial charge in [-0.05, 0) is 26.7 Å². The lowest BCUT2D eigenvalue weighted by molar-refractivity contribution is 0.800. The summed E-state index contributed by atoms with van der Waals surface area (Å²) >= 11 is 0. The molecule has 0 saturated carbocycles. The first-order chi connectivity index (χ1) is 8.71. The van der Waals surface area contributed by atoms with Crippen LogP contribution in [0.5, 0.6) is 0 Å². The van der Waals surface area contributed by atoms with Crippen LogP contribution in [-0.2, 0) is 0 Å². The van der Waals surface area contributed by atoms with Gasteiger partial charge in [0.15, 0.2) is 0 Å². The molecule has 0 amide bonds. The fraction of sp³-hybridized carbons (Fsp3) is 0.273. The summed E-state index contributed by atoms with van der Waals surface area (Å²) in [5.74, 6) is 0.486. The summed E-state index contributed by atoms with van der Waals surface area (Å²) in [6.07, 6.45) is 1.85. The predicted octanol–water partition coefficient (Wildman–Crippen LogP) is 1.65. The molecule has 0 spiro atoms. The maximum absolute atomic E-state index is 3.75. The molecule has 0 bridgehead atoms. The molecule has 1 aromatic heterocycles. The molecule has 1 N–H and O–H groups in total. The van der Waals surface area contributed by atoms with Gasteiger partial charge in [-0.3, -0.25) is 0 Å². The molecule has 96 valence electrons. The average Bonchev–Trinajstić information content (AvgIpc) is 2.44. The topological polar surface area (TPSA) is 87.8 Å². The number of nitrogens with one attached hydrogen (secondary N) is 1. The van der Waals surface area contributed by atoms with Crippen LogP contribution in [0.4, 0.5) is 17.8 Å². The van der Waals surface area contributed by atoms with Crippen molar-refractivity contribution in [3.63, 3.8) is 0 Å². The molecule has 0 fully saturated rings. The molecule has 1 aromatic rings. The highest BCUT2D eigenvalue weighted by Crippen LogP contribution is 2.13. The van der Waals surface area contributed by atoms with Crippen LogP contribution >= 0.6 is 0 Å². The summed E-state index contributed by atoms with van der Waals surface area (Å²) in [5.41, 5.74) is 0. The zero-order chi connectivity index (χ0) is 13.8. The minimum absolute atomic E-state index is 0.162. The van der Waals surface area contributed by atoms with Gasteiger partial charge in [0.25, 0.3) is 17.8 Å². The molecule has 0 atom stereocenters. The molecule has 0 radical (unpaired) electrons. The molecule has 1 rings (SSSR count). The van der Waals surface area contributed by atoms with Crippen LogP contribution in [0, 0.1) is 0 Å². The van der Waals surface area contributed by atoms with E-state index in [-0.39, 0.29) is 17.8 Å². The maximum atomic E-state index is 3.75. The largest absolute Gasteiger partial charge is 0.314 e. The molecule has 7 nitrogen and oxygen atoms in total. The van der Waals surface area contributed by atoms with Crippen LogP contribution in [0.3, 0.4) is 0 Å². The zero-order valence-electron chi connectivity index (χ0n) is 10.5.